The van der Waals surface area contributed by atoms with Crippen LogP contribution < -0.4 is 10.1 Å². The summed E-state index contributed by atoms with van der Waals surface area (Å²) in [5.41, 5.74) is 1.00. The quantitative estimate of drug-likeness (QED) is 0.843. The van der Waals surface area contributed by atoms with Gasteiger partial charge in [-0.3, -0.25) is 0 Å². The average molecular weight is 276 g/mol. The Hall–Kier alpha value is -1.53. The Morgan fingerprint density at radius 2 is 2.26 bits per heavy atom. The number of methoxy groups -OCH3 is 1. The lowest BCUT2D eigenvalue weighted by Gasteiger charge is -2.26. The van der Waals surface area contributed by atoms with Crippen LogP contribution >= 0.6 is 11.8 Å². The van der Waals surface area contributed by atoms with E-state index in [1.807, 2.05) is 29.1 Å². The molecule has 6 heteroatoms. The van der Waals surface area contributed by atoms with E-state index in [0.717, 1.165) is 35.2 Å². The van der Waals surface area contributed by atoms with E-state index < -0.39 is 0 Å². The van der Waals surface area contributed by atoms with Crippen LogP contribution in [0.1, 0.15) is 11.7 Å². The minimum Gasteiger partial charge on any atom is -0.496 e. The fraction of sp³-hybridized carbons (Fsp3) is 0.385. The van der Waals surface area contributed by atoms with Crippen molar-refractivity contribution < 1.29 is 4.74 Å². The first-order valence-electron chi connectivity index (χ1n) is 6.24. The van der Waals surface area contributed by atoms with Crippen molar-refractivity contribution in [2.24, 2.45) is 0 Å². The lowest BCUT2D eigenvalue weighted by atomic mass is 10.2. The van der Waals surface area contributed by atoms with Gasteiger partial charge in [0.05, 0.1) is 18.8 Å². The molecule has 1 aliphatic heterocycles. The first kappa shape index (κ1) is 12.5. The van der Waals surface area contributed by atoms with Gasteiger partial charge in [0.2, 0.25) is 0 Å². The molecule has 0 aliphatic carbocycles. The maximum Gasteiger partial charge on any atom is 0.132 e. The predicted molar refractivity (Wildman–Crippen MR) is 74.5 cm³/mol. The zero-order valence-electron chi connectivity index (χ0n) is 10.7. The SMILES string of the molecule is COc1ccccc1SCc1cn(C2CNC2)nn1. The number of nitrogens with one attached hydrogen (secondary N) is 1. The van der Waals surface area contributed by atoms with Crippen molar-refractivity contribution in [2.45, 2.75) is 16.7 Å². The molecule has 0 amide bonds. The van der Waals surface area contributed by atoms with E-state index in [1.54, 1.807) is 18.9 Å². The highest BCUT2D eigenvalue weighted by atomic mass is 32.2. The molecule has 2 aromatic rings. The van der Waals surface area contributed by atoms with Crippen molar-refractivity contribution in [3.8, 4) is 5.75 Å². The molecule has 1 N–H and O–H groups in total. The van der Waals surface area contributed by atoms with Crippen molar-refractivity contribution in [1.82, 2.24) is 20.3 Å². The Labute approximate surface area is 116 Å². The Kier molecular flexibility index (Phi) is 3.70. The summed E-state index contributed by atoms with van der Waals surface area (Å²) in [5, 5.41) is 11.6. The summed E-state index contributed by atoms with van der Waals surface area (Å²) in [6.07, 6.45) is 2.04. The minimum atomic E-state index is 0.470. The van der Waals surface area contributed by atoms with Gasteiger partial charge in [-0.2, -0.15) is 0 Å². The van der Waals surface area contributed by atoms with Crippen LogP contribution in [0, 0.1) is 0 Å². The third-order valence-corrected chi connectivity index (χ3v) is 4.22. The summed E-state index contributed by atoms with van der Waals surface area (Å²) in [5.74, 6) is 1.71. The number of nitrogens with zero attached hydrogens (tertiary/aromatic N) is 3. The third-order valence-electron chi connectivity index (χ3n) is 3.14. The van der Waals surface area contributed by atoms with E-state index in [4.69, 9.17) is 4.74 Å². The molecule has 0 saturated carbocycles. The Morgan fingerprint density at radius 1 is 1.42 bits per heavy atom. The van der Waals surface area contributed by atoms with E-state index in [0.29, 0.717) is 6.04 Å². The monoisotopic (exact) mass is 276 g/mol. The van der Waals surface area contributed by atoms with Crippen LogP contribution in [0.25, 0.3) is 0 Å². The third kappa shape index (κ3) is 2.74. The van der Waals surface area contributed by atoms with Gasteiger partial charge in [0.15, 0.2) is 0 Å². The highest BCUT2D eigenvalue weighted by Crippen LogP contribution is 2.30. The van der Waals surface area contributed by atoms with Gasteiger partial charge in [0.1, 0.15) is 5.75 Å². The molecular weight excluding hydrogens is 260 g/mol. The van der Waals surface area contributed by atoms with Crippen LogP contribution in [0.2, 0.25) is 0 Å². The van der Waals surface area contributed by atoms with Crippen LogP contribution in [0.15, 0.2) is 35.4 Å². The molecule has 0 bridgehead atoms. The summed E-state index contributed by atoms with van der Waals surface area (Å²) in [7, 11) is 1.69. The molecule has 100 valence electrons. The van der Waals surface area contributed by atoms with Gasteiger partial charge in [0.25, 0.3) is 0 Å². The van der Waals surface area contributed by atoms with E-state index in [2.05, 4.69) is 21.7 Å². The van der Waals surface area contributed by atoms with Crippen LogP contribution in [0.3, 0.4) is 0 Å². The van der Waals surface area contributed by atoms with Crippen molar-refractivity contribution in [3.63, 3.8) is 0 Å². The number of hydrogen-bond acceptors (Lipinski definition) is 5. The van der Waals surface area contributed by atoms with E-state index in [-0.39, 0.29) is 0 Å². The van der Waals surface area contributed by atoms with Gasteiger partial charge < -0.3 is 10.1 Å². The topological polar surface area (TPSA) is 52.0 Å². The fourth-order valence-corrected chi connectivity index (χ4v) is 2.81. The second kappa shape index (κ2) is 5.63. The number of para-hydroxylation sites is 1. The maximum absolute atomic E-state index is 5.33. The minimum absolute atomic E-state index is 0.470. The van der Waals surface area contributed by atoms with Crippen molar-refractivity contribution in [2.75, 3.05) is 20.2 Å². The number of ether oxygens (including phenoxy) is 1. The van der Waals surface area contributed by atoms with Gasteiger partial charge in [-0.15, -0.1) is 16.9 Å². The summed E-state index contributed by atoms with van der Waals surface area (Å²) in [6, 6.07) is 8.49. The zero-order valence-corrected chi connectivity index (χ0v) is 11.6. The van der Waals surface area contributed by atoms with Crippen molar-refractivity contribution in [1.29, 1.82) is 0 Å². The standard InChI is InChI=1S/C13H16N4OS/c1-18-12-4-2-3-5-13(12)19-9-10-8-17(16-15-10)11-6-14-7-11/h2-5,8,11,14H,6-7,9H2,1H3. The van der Waals surface area contributed by atoms with Gasteiger partial charge in [-0.05, 0) is 12.1 Å². The molecule has 19 heavy (non-hydrogen) atoms. The zero-order chi connectivity index (χ0) is 13.1. The predicted octanol–water partition coefficient (Wildman–Crippen LogP) is 1.72. The van der Waals surface area contributed by atoms with Crippen molar-refractivity contribution in [3.05, 3.63) is 36.2 Å². The van der Waals surface area contributed by atoms with E-state index in [9.17, 15) is 0 Å². The number of hydrogen-bond donors (Lipinski definition) is 1. The number of aromatic nitrogens is 3. The lowest BCUT2D eigenvalue weighted by Crippen LogP contribution is -2.43. The molecule has 3 rings (SSSR count). The molecule has 1 aliphatic rings. The molecule has 2 heterocycles. The first-order chi connectivity index (χ1) is 9.36. The number of benzene rings is 1. The van der Waals surface area contributed by atoms with Crippen LogP contribution in [-0.4, -0.2) is 35.2 Å². The summed E-state index contributed by atoms with van der Waals surface area (Å²) in [6.45, 7) is 1.98. The van der Waals surface area contributed by atoms with Gasteiger partial charge in [0, 0.05) is 29.9 Å². The van der Waals surface area contributed by atoms with Crippen LogP contribution in [0.5, 0.6) is 5.75 Å². The average Bonchev–Trinajstić information content (AvgIpc) is 2.83. The Balaban J connectivity index is 1.63. The van der Waals surface area contributed by atoms with Crippen LogP contribution in [-0.2, 0) is 5.75 Å². The second-order valence-electron chi connectivity index (χ2n) is 4.44. The lowest BCUT2D eigenvalue weighted by molar-refractivity contribution is 0.313. The molecule has 0 radical (unpaired) electrons. The largest absolute Gasteiger partial charge is 0.496 e. The van der Waals surface area contributed by atoms with Gasteiger partial charge in [-0.25, -0.2) is 4.68 Å². The molecule has 5 nitrogen and oxygen atoms in total. The smallest absolute Gasteiger partial charge is 0.132 e. The highest BCUT2D eigenvalue weighted by Gasteiger charge is 2.19. The van der Waals surface area contributed by atoms with E-state index in [1.165, 1.54) is 0 Å². The summed E-state index contributed by atoms with van der Waals surface area (Å²) in [4.78, 5) is 1.13. The molecule has 0 spiro atoms. The maximum atomic E-state index is 5.33. The number of thioether (sulfide) groups is 1. The molecule has 0 unspecified atom stereocenters. The summed E-state index contributed by atoms with van der Waals surface area (Å²) < 4.78 is 7.29. The fourth-order valence-electron chi connectivity index (χ4n) is 1.91. The molecule has 1 aromatic carbocycles. The first-order valence-corrected chi connectivity index (χ1v) is 7.22. The van der Waals surface area contributed by atoms with E-state index >= 15 is 0 Å². The number of rotatable bonds is 5. The molecule has 1 aromatic heterocycles. The second-order valence-corrected chi connectivity index (χ2v) is 5.46. The molecule has 1 fully saturated rings. The molecular formula is C13H16N4OS. The molecule has 1 saturated heterocycles. The Morgan fingerprint density at radius 3 is 3.00 bits per heavy atom. The van der Waals surface area contributed by atoms with Crippen molar-refractivity contribution >= 4 is 11.8 Å². The van der Waals surface area contributed by atoms with Gasteiger partial charge >= 0.3 is 0 Å². The van der Waals surface area contributed by atoms with Crippen LogP contribution in [0.4, 0.5) is 0 Å². The Bertz CT molecular complexity index is 553. The highest BCUT2D eigenvalue weighted by molar-refractivity contribution is 7.98. The normalized spacial score (nSPS) is 15.2. The molecule has 0 atom stereocenters. The van der Waals surface area contributed by atoms with Gasteiger partial charge in [-0.1, -0.05) is 17.3 Å². The summed E-state index contributed by atoms with van der Waals surface area (Å²) >= 11 is 1.72.